The van der Waals surface area contributed by atoms with Crippen molar-refractivity contribution in [3.8, 4) is 0 Å². The predicted octanol–water partition coefficient (Wildman–Crippen LogP) is 2.38. The number of methoxy groups -OCH3 is 1. The Balaban J connectivity index is 2.06. The van der Waals surface area contributed by atoms with E-state index in [1.54, 1.807) is 6.20 Å². The first-order chi connectivity index (χ1) is 9.31. The number of anilines is 1. The highest BCUT2D eigenvalue weighted by Gasteiger charge is 2.32. The van der Waals surface area contributed by atoms with Gasteiger partial charge in [0, 0.05) is 23.8 Å². The highest BCUT2D eigenvalue weighted by Crippen LogP contribution is 2.31. The third-order valence-electron chi connectivity index (χ3n) is 3.66. The Hall–Kier alpha value is -2.10. The third-order valence-corrected chi connectivity index (χ3v) is 3.66. The summed E-state index contributed by atoms with van der Waals surface area (Å²) in [6.07, 6.45) is 3.66. The monoisotopic (exact) mass is 256 g/mol. The molecule has 0 amide bonds. The van der Waals surface area contributed by atoms with Gasteiger partial charge < -0.3 is 9.64 Å². The summed E-state index contributed by atoms with van der Waals surface area (Å²) >= 11 is 0. The van der Waals surface area contributed by atoms with Gasteiger partial charge in [0.2, 0.25) is 0 Å². The molecule has 4 nitrogen and oxygen atoms in total. The number of carbonyl (C=O) groups is 1. The Morgan fingerprint density at radius 1 is 1.37 bits per heavy atom. The van der Waals surface area contributed by atoms with Crippen LogP contribution >= 0.6 is 0 Å². The Labute approximate surface area is 112 Å². The highest BCUT2D eigenvalue weighted by molar-refractivity contribution is 5.94. The second-order valence-electron chi connectivity index (χ2n) is 4.72. The molecule has 1 aromatic carbocycles. The standard InChI is InChI=1S/C15H16N2O2/c1-19-15(18)14-7-4-10-17(14)13-8-9-16-12-6-3-2-5-11(12)13/h2-3,5-6,8-9,14H,4,7,10H2,1H3. The summed E-state index contributed by atoms with van der Waals surface area (Å²) in [5.74, 6) is -0.154. The largest absolute Gasteiger partial charge is 0.467 e. The van der Waals surface area contributed by atoms with Gasteiger partial charge in [-0.2, -0.15) is 0 Å². The number of ether oxygens (including phenoxy) is 1. The van der Waals surface area contributed by atoms with Crippen LogP contribution in [0.2, 0.25) is 0 Å². The van der Waals surface area contributed by atoms with Crippen LogP contribution in [0.15, 0.2) is 36.5 Å². The van der Waals surface area contributed by atoms with E-state index in [0.717, 1.165) is 36.0 Å². The van der Waals surface area contributed by atoms with Crippen LogP contribution in [-0.2, 0) is 9.53 Å². The van der Waals surface area contributed by atoms with Crippen molar-refractivity contribution in [3.63, 3.8) is 0 Å². The summed E-state index contributed by atoms with van der Waals surface area (Å²) < 4.78 is 4.90. The van der Waals surface area contributed by atoms with Crippen molar-refractivity contribution in [2.24, 2.45) is 0 Å². The second-order valence-corrected chi connectivity index (χ2v) is 4.72. The average Bonchev–Trinajstić information content (AvgIpc) is 2.95. The lowest BCUT2D eigenvalue weighted by atomic mass is 10.1. The van der Waals surface area contributed by atoms with E-state index < -0.39 is 0 Å². The topological polar surface area (TPSA) is 42.4 Å². The molecular weight excluding hydrogens is 240 g/mol. The van der Waals surface area contributed by atoms with Gasteiger partial charge in [0.05, 0.1) is 12.6 Å². The molecule has 1 saturated heterocycles. The minimum Gasteiger partial charge on any atom is -0.467 e. The van der Waals surface area contributed by atoms with Gasteiger partial charge in [-0.25, -0.2) is 4.79 Å². The van der Waals surface area contributed by atoms with E-state index in [0.29, 0.717) is 0 Å². The van der Waals surface area contributed by atoms with Crippen LogP contribution in [0.5, 0.6) is 0 Å². The van der Waals surface area contributed by atoms with Crippen LogP contribution in [0.25, 0.3) is 10.9 Å². The first kappa shape index (κ1) is 12.0. The Morgan fingerprint density at radius 3 is 3.05 bits per heavy atom. The number of hydrogen-bond donors (Lipinski definition) is 0. The summed E-state index contributed by atoms with van der Waals surface area (Å²) in [4.78, 5) is 18.3. The molecule has 0 spiro atoms. The number of rotatable bonds is 2. The minimum atomic E-state index is -0.171. The number of esters is 1. The number of aromatic nitrogens is 1. The van der Waals surface area contributed by atoms with E-state index in [4.69, 9.17) is 4.74 Å². The van der Waals surface area contributed by atoms with Crippen LogP contribution < -0.4 is 4.90 Å². The van der Waals surface area contributed by atoms with E-state index in [2.05, 4.69) is 9.88 Å². The quantitative estimate of drug-likeness (QED) is 0.774. The lowest BCUT2D eigenvalue weighted by Gasteiger charge is -2.25. The molecule has 0 aliphatic carbocycles. The summed E-state index contributed by atoms with van der Waals surface area (Å²) in [6.45, 7) is 0.883. The van der Waals surface area contributed by atoms with Crippen LogP contribution in [0.3, 0.4) is 0 Å². The maximum Gasteiger partial charge on any atom is 0.328 e. The van der Waals surface area contributed by atoms with Crippen molar-refractivity contribution >= 4 is 22.6 Å². The fourth-order valence-corrected chi connectivity index (χ4v) is 2.77. The normalized spacial score (nSPS) is 18.8. The van der Waals surface area contributed by atoms with Crippen molar-refractivity contribution in [1.29, 1.82) is 0 Å². The van der Waals surface area contributed by atoms with Gasteiger partial charge >= 0.3 is 5.97 Å². The summed E-state index contributed by atoms with van der Waals surface area (Å²) in [5, 5.41) is 1.08. The first-order valence-corrected chi connectivity index (χ1v) is 6.49. The molecule has 1 atom stereocenters. The summed E-state index contributed by atoms with van der Waals surface area (Å²) in [7, 11) is 1.45. The SMILES string of the molecule is COC(=O)C1CCCN1c1ccnc2ccccc12. The number of pyridine rings is 1. The molecule has 3 rings (SSSR count). The van der Waals surface area contributed by atoms with Gasteiger partial charge in [-0.15, -0.1) is 0 Å². The van der Waals surface area contributed by atoms with Gasteiger partial charge in [0.25, 0.3) is 0 Å². The zero-order valence-corrected chi connectivity index (χ0v) is 10.9. The van der Waals surface area contributed by atoms with Gasteiger partial charge in [0.15, 0.2) is 0 Å². The third kappa shape index (κ3) is 2.03. The second kappa shape index (κ2) is 4.88. The van der Waals surface area contributed by atoms with Crippen molar-refractivity contribution in [2.45, 2.75) is 18.9 Å². The molecule has 19 heavy (non-hydrogen) atoms. The Bertz CT molecular complexity index is 607. The fraction of sp³-hybridized carbons (Fsp3) is 0.333. The lowest BCUT2D eigenvalue weighted by Crippen LogP contribution is -2.36. The molecule has 4 heteroatoms. The maximum absolute atomic E-state index is 11.9. The first-order valence-electron chi connectivity index (χ1n) is 6.49. The fourth-order valence-electron chi connectivity index (χ4n) is 2.77. The maximum atomic E-state index is 11.9. The molecule has 1 aromatic heterocycles. The predicted molar refractivity (Wildman–Crippen MR) is 74.1 cm³/mol. The zero-order valence-electron chi connectivity index (χ0n) is 10.9. The lowest BCUT2D eigenvalue weighted by molar-refractivity contribution is -0.141. The molecular formula is C15H16N2O2. The number of carbonyl (C=O) groups excluding carboxylic acids is 1. The van der Waals surface area contributed by atoms with E-state index in [1.165, 1.54) is 7.11 Å². The highest BCUT2D eigenvalue weighted by atomic mass is 16.5. The zero-order chi connectivity index (χ0) is 13.2. The molecule has 2 aromatic rings. The number of nitrogens with zero attached hydrogens (tertiary/aromatic N) is 2. The van der Waals surface area contributed by atoms with Crippen molar-refractivity contribution in [2.75, 3.05) is 18.6 Å². The number of hydrogen-bond acceptors (Lipinski definition) is 4. The van der Waals surface area contributed by atoms with E-state index >= 15 is 0 Å². The van der Waals surface area contributed by atoms with Crippen LogP contribution in [-0.4, -0.2) is 30.6 Å². The Morgan fingerprint density at radius 2 is 2.21 bits per heavy atom. The van der Waals surface area contributed by atoms with Crippen molar-refractivity contribution < 1.29 is 9.53 Å². The minimum absolute atomic E-state index is 0.154. The van der Waals surface area contributed by atoms with Gasteiger partial charge in [0.1, 0.15) is 6.04 Å². The van der Waals surface area contributed by atoms with Gasteiger partial charge in [-0.3, -0.25) is 4.98 Å². The van der Waals surface area contributed by atoms with Crippen LogP contribution in [0.4, 0.5) is 5.69 Å². The van der Waals surface area contributed by atoms with Crippen molar-refractivity contribution in [1.82, 2.24) is 4.98 Å². The molecule has 1 aliphatic heterocycles. The molecule has 0 radical (unpaired) electrons. The molecule has 1 aliphatic rings. The van der Waals surface area contributed by atoms with Crippen molar-refractivity contribution in [3.05, 3.63) is 36.5 Å². The summed E-state index contributed by atoms with van der Waals surface area (Å²) in [6, 6.07) is 9.81. The van der Waals surface area contributed by atoms with E-state index in [9.17, 15) is 4.79 Å². The molecule has 1 unspecified atom stereocenters. The Kier molecular flexibility index (Phi) is 3.07. The average molecular weight is 256 g/mol. The molecule has 0 saturated carbocycles. The van der Waals surface area contributed by atoms with Crippen LogP contribution in [0.1, 0.15) is 12.8 Å². The van der Waals surface area contributed by atoms with Gasteiger partial charge in [-0.1, -0.05) is 18.2 Å². The smallest absolute Gasteiger partial charge is 0.328 e. The molecule has 0 bridgehead atoms. The molecule has 1 fully saturated rings. The molecule has 0 N–H and O–H groups in total. The van der Waals surface area contributed by atoms with Crippen LogP contribution in [0, 0.1) is 0 Å². The molecule has 2 heterocycles. The van der Waals surface area contributed by atoms with E-state index in [-0.39, 0.29) is 12.0 Å². The molecule has 98 valence electrons. The van der Waals surface area contributed by atoms with Gasteiger partial charge in [-0.05, 0) is 25.0 Å². The van der Waals surface area contributed by atoms with E-state index in [1.807, 2.05) is 30.3 Å². The number of benzene rings is 1. The summed E-state index contributed by atoms with van der Waals surface area (Å²) in [5.41, 5.74) is 2.02. The number of fused-ring (bicyclic) bond motifs is 1. The number of para-hydroxylation sites is 1.